The van der Waals surface area contributed by atoms with Crippen molar-refractivity contribution >= 4 is 5.91 Å². The first-order valence-electron chi connectivity index (χ1n) is 42.6. The fourth-order valence-corrected chi connectivity index (χ4v) is 13.6. The molecule has 2 aliphatic heterocycles. The fourth-order valence-electron chi connectivity index (χ4n) is 13.6. The van der Waals surface area contributed by atoms with E-state index in [2.05, 4.69) is 129 Å². The van der Waals surface area contributed by atoms with Gasteiger partial charge in [-0.25, -0.2) is 0 Å². The molecule has 0 bridgehead atoms. The van der Waals surface area contributed by atoms with Crippen molar-refractivity contribution in [2.45, 2.75) is 428 Å². The van der Waals surface area contributed by atoms with Crippen LogP contribution in [0.3, 0.4) is 0 Å². The van der Waals surface area contributed by atoms with Crippen LogP contribution in [-0.4, -0.2) is 140 Å². The van der Waals surface area contributed by atoms with E-state index in [0.29, 0.717) is 19.3 Å². The molecule has 0 radical (unpaired) electrons. The third-order valence-corrected chi connectivity index (χ3v) is 20.3. The lowest BCUT2D eigenvalue weighted by Gasteiger charge is -2.46. The van der Waals surface area contributed by atoms with Gasteiger partial charge < -0.3 is 65.1 Å². The van der Waals surface area contributed by atoms with Crippen LogP contribution in [0.5, 0.6) is 0 Å². The Kier molecular flexibility index (Phi) is 66.5. The van der Waals surface area contributed by atoms with E-state index >= 15 is 0 Å². The van der Waals surface area contributed by atoms with Crippen LogP contribution >= 0.6 is 0 Å². The highest BCUT2D eigenvalue weighted by molar-refractivity contribution is 5.76. The zero-order valence-electron chi connectivity index (χ0n) is 65.5. The predicted octanol–water partition coefficient (Wildman–Crippen LogP) is 20.2. The molecule has 0 aromatic carbocycles. The summed E-state index contributed by atoms with van der Waals surface area (Å²) < 4.78 is 23.0. The number of rotatable bonds is 71. The summed E-state index contributed by atoms with van der Waals surface area (Å²) in [5, 5.41) is 88.0. The Bertz CT molecular complexity index is 2150. The highest BCUT2D eigenvalue weighted by Gasteiger charge is 2.51. The van der Waals surface area contributed by atoms with Gasteiger partial charge in [0.05, 0.1) is 32.0 Å². The average molecular weight is 1450 g/mol. The third-order valence-electron chi connectivity index (χ3n) is 20.3. The molecular weight excluding hydrogens is 1290 g/mol. The summed E-state index contributed by atoms with van der Waals surface area (Å²) in [4.78, 5) is 13.4. The van der Waals surface area contributed by atoms with E-state index in [1.165, 1.54) is 212 Å². The molecule has 9 N–H and O–H groups in total. The summed E-state index contributed by atoms with van der Waals surface area (Å²) in [5.74, 6) is -0.209. The van der Waals surface area contributed by atoms with Crippen molar-refractivity contribution in [2.24, 2.45) is 0 Å². The number of ether oxygens (including phenoxy) is 4. The van der Waals surface area contributed by atoms with Crippen LogP contribution in [0.2, 0.25) is 0 Å². The van der Waals surface area contributed by atoms with Crippen LogP contribution in [0, 0.1) is 0 Å². The zero-order valence-corrected chi connectivity index (χ0v) is 65.5. The average Bonchev–Trinajstić information content (AvgIpc) is 0.791. The topological polar surface area (TPSA) is 228 Å². The number of unbranched alkanes of at least 4 members (excludes halogenated alkanes) is 40. The van der Waals surface area contributed by atoms with Gasteiger partial charge in [0.2, 0.25) is 5.91 Å². The Morgan fingerprint density at radius 3 is 1.03 bits per heavy atom. The second kappa shape index (κ2) is 71.6. The van der Waals surface area contributed by atoms with Crippen LogP contribution in [0.25, 0.3) is 0 Å². The second-order valence-corrected chi connectivity index (χ2v) is 29.6. The minimum absolute atomic E-state index is 0.209. The molecular formula is C89H157NO13. The molecule has 2 fully saturated rings. The number of aliphatic hydroxyl groups is 8. The Morgan fingerprint density at radius 1 is 0.359 bits per heavy atom. The van der Waals surface area contributed by atoms with Gasteiger partial charge in [-0.05, 0) is 83.5 Å². The first kappa shape index (κ1) is 95.7. The molecule has 12 unspecified atom stereocenters. The maximum atomic E-state index is 13.4. The quantitative estimate of drug-likeness (QED) is 0.0204. The third kappa shape index (κ3) is 54.0. The largest absolute Gasteiger partial charge is 0.394 e. The van der Waals surface area contributed by atoms with Crippen LogP contribution in [-0.2, 0) is 23.7 Å². The minimum atomic E-state index is -1.79. The molecule has 2 saturated heterocycles. The Morgan fingerprint density at radius 2 is 0.670 bits per heavy atom. The van der Waals surface area contributed by atoms with Gasteiger partial charge in [0.1, 0.15) is 48.8 Å². The SMILES string of the molecule is CC/C=C\C/C=C\C/C=C\C/C=C\C/C=C\C/C=C\C/C=C\C/C=C\C/C=C\CCCCCCCCCCCCCC(=O)NC(COC1OC(CO)C(OC2OC(CO)C(O)C(O)C2O)C(O)C1O)C(O)CCCCCCCCCCCCCCCCCCCCCCCCCCCCCCCC. The lowest BCUT2D eigenvalue weighted by molar-refractivity contribution is -0.359. The molecule has 2 heterocycles. The maximum absolute atomic E-state index is 13.4. The second-order valence-electron chi connectivity index (χ2n) is 29.6. The predicted molar refractivity (Wildman–Crippen MR) is 429 cm³/mol. The summed E-state index contributed by atoms with van der Waals surface area (Å²) in [6, 6.07) is -0.839. The lowest BCUT2D eigenvalue weighted by Crippen LogP contribution is -2.65. The zero-order chi connectivity index (χ0) is 74.4. The summed E-state index contributed by atoms with van der Waals surface area (Å²) in [5.41, 5.74) is 0. The van der Waals surface area contributed by atoms with Gasteiger partial charge >= 0.3 is 0 Å². The molecule has 14 nitrogen and oxygen atoms in total. The van der Waals surface area contributed by atoms with Crippen LogP contribution in [0.4, 0.5) is 0 Å². The van der Waals surface area contributed by atoms with Crippen molar-refractivity contribution in [3.05, 3.63) is 109 Å². The van der Waals surface area contributed by atoms with Crippen LogP contribution in [0.15, 0.2) is 109 Å². The molecule has 1 amide bonds. The van der Waals surface area contributed by atoms with Gasteiger partial charge in [0, 0.05) is 6.42 Å². The summed E-state index contributed by atoms with van der Waals surface area (Å²) in [6.07, 6.45) is 87.0. The lowest BCUT2D eigenvalue weighted by atomic mass is 9.97. The molecule has 0 aliphatic carbocycles. The number of hydrogen-bond donors (Lipinski definition) is 9. The Hall–Kier alpha value is -3.35. The standard InChI is InChI=1S/C89H157NO13/c1-3-5-7-9-11-13-15-17-19-21-23-25-27-29-31-33-35-36-37-38-39-40-41-42-43-45-47-49-51-53-55-57-59-61-63-65-67-69-71-73-81(94)90-77(76-100-88-86(99)84(97)87(80(75-92)102-88)103-89-85(98)83(96)82(95)79(74-91)101-89)78(93)72-70-68-66-64-62-60-58-56-54-52-50-48-46-44-34-32-30-28-26-24-22-20-18-16-14-12-10-8-6-4-2/h5,7,11,13,17,19,23,25,29,31,35-36,38-39,41-42,45,47,77-80,82-89,91-93,95-99H,3-4,6,8-10,12,14-16,18,20-22,24,26-28,30,32-34,37,40,43-44,46,48-76H2,1-2H3,(H,90,94)/b7-5-,13-11-,19-17-,25-23-,31-29-,36-35-,39-38-,42-41-,47-45-. The molecule has 12 atom stereocenters. The van der Waals surface area contributed by atoms with E-state index in [4.69, 9.17) is 18.9 Å². The minimum Gasteiger partial charge on any atom is -0.394 e. The van der Waals surface area contributed by atoms with Gasteiger partial charge in [0.25, 0.3) is 0 Å². The van der Waals surface area contributed by atoms with Gasteiger partial charge in [-0.2, -0.15) is 0 Å². The number of amides is 1. The van der Waals surface area contributed by atoms with Crippen LogP contribution < -0.4 is 5.32 Å². The molecule has 596 valence electrons. The fraction of sp³-hybridized carbons (Fsp3) is 0.787. The highest BCUT2D eigenvalue weighted by Crippen LogP contribution is 2.30. The van der Waals surface area contributed by atoms with E-state index in [0.717, 1.165) is 109 Å². The van der Waals surface area contributed by atoms with E-state index in [9.17, 15) is 45.6 Å². The molecule has 0 saturated carbocycles. The molecule has 2 aliphatic rings. The van der Waals surface area contributed by atoms with Crippen molar-refractivity contribution in [1.29, 1.82) is 0 Å². The highest BCUT2D eigenvalue weighted by atomic mass is 16.7. The normalized spacial score (nSPS) is 22.1. The van der Waals surface area contributed by atoms with Gasteiger partial charge in [-0.1, -0.05) is 374 Å². The number of aliphatic hydroxyl groups excluding tert-OH is 8. The van der Waals surface area contributed by atoms with Crippen molar-refractivity contribution in [2.75, 3.05) is 19.8 Å². The first-order chi connectivity index (χ1) is 50.6. The van der Waals surface area contributed by atoms with Crippen molar-refractivity contribution in [3.63, 3.8) is 0 Å². The number of nitrogens with one attached hydrogen (secondary N) is 1. The van der Waals surface area contributed by atoms with Crippen molar-refractivity contribution in [1.82, 2.24) is 5.32 Å². The van der Waals surface area contributed by atoms with E-state index in [1.807, 2.05) is 0 Å². The Labute approximate surface area is 629 Å². The summed E-state index contributed by atoms with van der Waals surface area (Å²) in [7, 11) is 0. The smallest absolute Gasteiger partial charge is 0.220 e. The van der Waals surface area contributed by atoms with Gasteiger partial charge in [-0.15, -0.1) is 0 Å². The van der Waals surface area contributed by atoms with Gasteiger partial charge in [-0.3, -0.25) is 4.79 Å². The van der Waals surface area contributed by atoms with E-state index < -0.39 is 86.8 Å². The maximum Gasteiger partial charge on any atom is 0.220 e. The number of hydrogen-bond acceptors (Lipinski definition) is 13. The molecule has 2 rings (SSSR count). The molecule has 0 aromatic heterocycles. The van der Waals surface area contributed by atoms with Crippen molar-refractivity contribution in [3.8, 4) is 0 Å². The molecule has 0 spiro atoms. The van der Waals surface area contributed by atoms with E-state index in [-0.39, 0.29) is 12.5 Å². The Balaban J connectivity index is 1.60. The number of carbonyl (C=O) groups is 1. The monoisotopic (exact) mass is 1450 g/mol. The van der Waals surface area contributed by atoms with Crippen molar-refractivity contribution < 1.29 is 64.6 Å². The molecule has 14 heteroatoms. The molecule has 103 heavy (non-hydrogen) atoms. The van der Waals surface area contributed by atoms with E-state index in [1.54, 1.807) is 0 Å². The molecule has 0 aromatic rings. The van der Waals surface area contributed by atoms with Crippen LogP contribution in [0.1, 0.15) is 354 Å². The number of allylic oxidation sites excluding steroid dienone is 18. The van der Waals surface area contributed by atoms with Gasteiger partial charge in [0.15, 0.2) is 12.6 Å². The summed E-state index contributed by atoms with van der Waals surface area (Å²) >= 11 is 0. The number of carbonyl (C=O) groups excluding carboxylic acids is 1. The summed E-state index contributed by atoms with van der Waals surface area (Å²) in [6.45, 7) is 2.79. The first-order valence-corrected chi connectivity index (χ1v) is 42.6.